The fourth-order valence-electron chi connectivity index (χ4n) is 3.28. The first-order valence-corrected chi connectivity index (χ1v) is 7.41. The number of nitrogens with zero attached hydrogens (tertiary/aromatic N) is 1. The van der Waals surface area contributed by atoms with Gasteiger partial charge in [-0.3, -0.25) is 4.90 Å². The van der Waals surface area contributed by atoms with Gasteiger partial charge in [0.1, 0.15) is 11.6 Å². The van der Waals surface area contributed by atoms with Crippen molar-refractivity contribution in [1.29, 1.82) is 0 Å². The molecule has 3 rings (SSSR count). The molecule has 1 heterocycles. The van der Waals surface area contributed by atoms with E-state index in [0.29, 0.717) is 12.3 Å². The minimum Gasteiger partial charge on any atom is -0.497 e. The van der Waals surface area contributed by atoms with Crippen LogP contribution in [0.4, 0.5) is 4.39 Å². The lowest BCUT2D eigenvalue weighted by Gasteiger charge is -2.46. The van der Waals surface area contributed by atoms with Gasteiger partial charge < -0.3 is 10.1 Å². The van der Waals surface area contributed by atoms with E-state index in [2.05, 4.69) is 17.1 Å². The summed E-state index contributed by atoms with van der Waals surface area (Å²) in [6.45, 7) is 5.98. The number of methoxy groups -OCH3 is 1. The van der Waals surface area contributed by atoms with E-state index < -0.39 is 0 Å². The van der Waals surface area contributed by atoms with Gasteiger partial charge in [0.15, 0.2) is 0 Å². The minimum atomic E-state index is -0.166. The molecular formula is C16H23FN2O. The number of benzene rings is 1. The highest BCUT2D eigenvalue weighted by Gasteiger charge is 2.46. The van der Waals surface area contributed by atoms with Gasteiger partial charge >= 0.3 is 0 Å². The third kappa shape index (κ3) is 2.54. The maximum Gasteiger partial charge on any atom is 0.131 e. The van der Waals surface area contributed by atoms with Crippen LogP contribution in [0.15, 0.2) is 18.2 Å². The average molecular weight is 278 g/mol. The second kappa shape index (κ2) is 5.34. The van der Waals surface area contributed by atoms with Crippen LogP contribution in [0.1, 0.15) is 25.3 Å². The maximum atomic E-state index is 14.1. The Morgan fingerprint density at radius 3 is 2.90 bits per heavy atom. The highest BCUT2D eigenvalue weighted by Crippen LogP contribution is 2.44. The van der Waals surface area contributed by atoms with Crippen molar-refractivity contribution in [2.45, 2.75) is 31.8 Å². The molecule has 1 N–H and O–H groups in total. The van der Waals surface area contributed by atoms with Gasteiger partial charge in [0.05, 0.1) is 7.11 Å². The molecule has 1 aliphatic heterocycles. The first-order valence-electron chi connectivity index (χ1n) is 7.41. The van der Waals surface area contributed by atoms with E-state index in [4.69, 9.17) is 4.74 Å². The van der Waals surface area contributed by atoms with Crippen LogP contribution in [0.5, 0.6) is 5.75 Å². The maximum absolute atomic E-state index is 14.1. The van der Waals surface area contributed by atoms with Crippen LogP contribution in [0.2, 0.25) is 0 Å². The molecule has 1 aliphatic carbocycles. The number of halogens is 1. The monoisotopic (exact) mass is 278 g/mol. The minimum absolute atomic E-state index is 0.166. The van der Waals surface area contributed by atoms with E-state index in [-0.39, 0.29) is 11.4 Å². The smallest absolute Gasteiger partial charge is 0.131 e. The van der Waals surface area contributed by atoms with Crippen molar-refractivity contribution in [3.63, 3.8) is 0 Å². The van der Waals surface area contributed by atoms with Crippen LogP contribution < -0.4 is 10.1 Å². The van der Waals surface area contributed by atoms with E-state index in [1.807, 2.05) is 12.1 Å². The molecule has 1 saturated heterocycles. The molecule has 3 nitrogen and oxygen atoms in total. The topological polar surface area (TPSA) is 24.5 Å². The van der Waals surface area contributed by atoms with Crippen LogP contribution in [-0.2, 0) is 6.54 Å². The average Bonchev–Trinajstić information content (AvgIpc) is 3.28. The lowest BCUT2D eigenvalue weighted by molar-refractivity contribution is 0.0475. The third-order valence-corrected chi connectivity index (χ3v) is 4.84. The van der Waals surface area contributed by atoms with Crippen LogP contribution in [0.25, 0.3) is 0 Å². The number of hydrogen-bond acceptors (Lipinski definition) is 3. The highest BCUT2D eigenvalue weighted by atomic mass is 19.1. The fourth-order valence-corrected chi connectivity index (χ4v) is 3.28. The molecule has 4 heteroatoms. The first-order chi connectivity index (χ1) is 9.63. The van der Waals surface area contributed by atoms with Gasteiger partial charge in [-0.25, -0.2) is 4.39 Å². The Morgan fingerprint density at radius 2 is 2.25 bits per heavy atom. The normalized spacial score (nSPS) is 27.6. The Labute approximate surface area is 120 Å². The SMILES string of the molecule is COc1ccc(CN2CCNCC2(C)C2CC2)c(F)c1. The molecule has 0 spiro atoms. The van der Waals surface area contributed by atoms with Gasteiger partial charge in [0, 0.05) is 43.3 Å². The van der Waals surface area contributed by atoms with Crippen molar-refractivity contribution >= 4 is 0 Å². The summed E-state index contributed by atoms with van der Waals surface area (Å²) in [6, 6.07) is 5.17. The molecule has 0 aromatic heterocycles. The Hall–Kier alpha value is -1.13. The second-order valence-corrected chi connectivity index (χ2v) is 6.19. The van der Waals surface area contributed by atoms with Gasteiger partial charge in [-0.05, 0) is 31.7 Å². The molecule has 1 saturated carbocycles. The number of rotatable bonds is 4. The number of piperazine rings is 1. The fraction of sp³-hybridized carbons (Fsp3) is 0.625. The van der Waals surface area contributed by atoms with E-state index in [1.54, 1.807) is 7.11 Å². The molecule has 0 bridgehead atoms. The Morgan fingerprint density at radius 1 is 1.45 bits per heavy atom. The largest absolute Gasteiger partial charge is 0.497 e. The number of ether oxygens (including phenoxy) is 1. The van der Waals surface area contributed by atoms with Gasteiger partial charge in [0.25, 0.3) is 0 Å². The zero-order valence-corrected chi connectivity index (χ0v) is 12.3. The molecular weight excluding hydrogens is 255 g/mol. The number of hydrogen-bond donors (Lipinski definition) is 1. The molecule has 1 aromatic carbocycles. The predicted octanol–water partition coefficient (Wildman–Crippen LogP) is 2.41. The molecule has 1 atom stereocenters. The summed E-state index contributed by atoms with van der Waals surface area (Å²) < 4.78 is 19.2. The van der Waals surface area contributed by atoms with Crippen molar-refractivity contribution < 1.29 is 9.13 Å². The first kappa shape index (κ1) is 13.8. The Kier molecular flexibility index (Phi) is 3.69. The van der Waals surface area contributed by atoms with Crippen molar-refractivity contribution in [2.24, 2.45) is 5.92 Å². The lowest BCUT2D eigenvalue weighted by atomic mass is 9.90. The second-order valence-electron chi connectivity index (χ2n) is 6.19. The molecule has 2 fully saturated rings. The predicted molar refractivity (Wildman–Crippen MR) is 77.4 cm³/mol. The van der Waals surface area contributed by atoms with E-state index in [1.165, 1.54) is 18.9 Å². The molecule has 1 aromatic rings. The number of nitrogens with one attached hydrogen (secondary N) is 1. The van der Waals surface area contributed by atoms with Gasteiger partial charge in [0.2, 0.25) is 0 Å². The summed E-state index contributed by atoms with van der Waals surface area (Å²) in [4.78, 5) is 2.45. The zero-order chi connectivity index (χ0) is 14.2. The molecule has 2 aliphatic rings. The van der Waals surface area contributed by atoms with Crippen molar-refractivity contribution in [3.8, 4) is 5.75 Å². The quantitative estimate of drug-likeness (QED) is 0.915. The zero-order valence-electron chi connectivity index (χ0n) is 12.3. The lowest BCUT2D eigenvalue weighted by Crippen LogP contribution is -2.60. The van der Waals surface area contributed by atoms with Gasteiger partial charge in [-0.15, -0.1) is 0 Å². The van der Waals surface area contributed by atoms with E-state index >= 15 is 0 Å². The van der Waals surface area contributed by atoms with Crippen molar-refractivity contribution in [1.82, 2.24) is 10.2 Å². The summed E-state index contributed by atoms with van der Waals surface area (Å²) in [6.07, 6.45) is 2.61. The van der Waals surface area contributed by atoms with E-state index in [0.717, 1.165) is 31.1 Å². The summed E-state index contributed by atoms with van der Waals surface area (Å²) in [7, 11) is 1.56. The highest BCUT2D eigenvalue weighted by molar-refractivity contribution is 5.29. The molecule has 110 valence electrons. The van der Waals surface area contributed by atoms with Gasteiger partial charge in [-0.2, -0.15) is 0 Å². The van der Waals surface area contributed by atoms with Crippen molar-refractivity contribution in [3.05, 3.63) is 29.6 Å². The molecule has 1 unspecified atom stereocenters. The van der Waals surface area contributed by atoms with Crippen LogP contribution in [0, 0.1) is 11.7 Å². The molecule has 0 radical (unpaired) electrons. The van der Waals surface area contributed by atoms with Crippen LogP contribution in [0.3, 0.4) is 0 Å². The Bertz CT molecular complexity index is 489. The standard InChI is InChI=1S/C16H23FN2O/c1-16(13-4-5-13)11-18-7-8-19(16)10-12-3-6-14(20-2)9-15(12)17/h3,6,9,13,18H,4-5,7-8,10-11H2,1-2H3. The summed E-state index contributed by atoms with van der Waals surface area (Å²) in [5.74, 6) is 1.18. The Balaban J connectivity index is 1.78. The summed E-state index contributed by atoms with van der Waals surface area (Å²) >= 11 is 0. The van der Waals surface area contributed by atoms with Crippen molar-refractivity contribution in [2.75, 3.05) is 26.7 Å². The van der Waals surface area contributed by atoms with Crippen LogP contribution in [-0.4, -0.2) is 37.2 Å². The van der Waals surface area contributed by atoms with Crippen LogP contribution >= 0.6 is 0 Å². The summed E-state index contributed by atoms with van der Waals surface area (Å²) in [5, 5.41) is 3.49. The third-order valence-electron chi connectivity index (χ3n) is 4.84. The molecule has 0 amide bonds. The van der Waals surface area contributed by atoms with Gasteiger partial charge in [-0.1, -0.05) is 6.07 Å². The summed E-state index contributed by atoms with van der Waals surface area (Å²) in [5.41, 5.74) is 0.935. The molecule has 20 heavy (non-hydrogen) atoms. The van der Waals surface area contributed by atoms with E-state index in [9.17, 15) is 4.39 Å².